The van der Waals surface area contributed by atoms with Gasteiger partial charge in [0.15, 0.2) is 0 Å². The van der Waals surface area contributed by atoms with Crippen molar-refractivity contribution in [2.45, 2.75) is 51.6 Å². The fourth-order valence-electron chi connectivity index (χ4n) is 3.82. The number of nitrogens with one attached hydrogen (secondary N) is 1. The second-order valence-corrected chi connectivity index (χ2v) is 6.28. The first kappa shape index (κ1) is 13.7. The molecule has 1 N–H and O–H groups in total. The summed E-state index contributed by atoms with van der Waals surface area (Å²) >= 11 is 0. The summed E-state index contributed by atoms with van der Waals surface area (Å²) in [6, 6.07) is 5.27. The molecule has 0 radical (unpaired) electrons. The first-order chi connectivity index (χ1) is 9.58. The van der Waals surface area contributed by atoms with Gasteiger partial charge in [-0.15, -0.1) is 0 Å². The Labute approximate surface area is 118 Å². The van der Waals surface area contributed by atoms with Crippen molar-refractivity contribution < 1.29 is 13.5 Å². The smallest absolute Gasteiger partial charge is 0.387 e. The molecule has 0 bridgehead atoms. The highest BCUT2D eigenvalue weighted by Gasteiger charge is 2.40. The van der Waals surface area contributed by atoms with Gasteiger partial charge in [-0.05, 0) is 42.0 Å². The number of anilines is 1. The average molecular weight is 281 g/mol. The van der Waals surface area contributed by atoms with Crippen molar-refractivity contribution in [1.29, 1.82) is 0 Å². The fraction of sp³-hybridized carbons (Fsp3) is 0.625. The Hall–Kier alpha value is -1.32. The highest BCUT2D eigenvalue weighted by molar-refractivity contribution is 5.60. The Morgan fingerprint density at radius 3 is 2.70 bits per heavy atom. The van der Waals surface area contributed by atoms with E-state index >= 15 is 0 Å². The van der Waals surface area contributed by atoms with Gasteiger partial charge in [-0.2, -0.15) is 8.78 Å². The quantitative estimate of drug-likeness (QED) is 0.862. The van der Waals surface area contributed by atoms with E-state index in [1.54, 1.807) is 12.1 Å². The molecule has 1 aromatic rings. The molecule has 1 aliphatic carbocycles. The minimum Gasteiger partial charge on any atom is -0.435 e. The number of benzene rings is 1. The molecule has 2 aliphatic rings. The normalized spacial score (nSPS) is 24.3. The second-order valence-electron chi connectivity index (χ2n) is 6.28. The fourth-order valence-corrected chi connectivity index (χ4v) is 3.82. The lowest BCUT2D eigenvalue weighted by atomic mass is 9.66. The topological polar surface area (TPSA) is 21.3 Å². The molecule has 1 aromatic carbocycles. The second kappa shape index (κ2) is 5.23. The van der Waals surface area contributed by atoms with Crippen molar-refractivity contribution in [2.75, 3.05) is 11.9 Å². The van der Waals surface area contributed by atoms with E-state index in [9.17, 15) is 8.78 Å². The Morgan fingerprint density at radius 2 is 2.00 bits per heavy atom. The van der Waals surface area contributed by atoms with Crippen molar-refractivity contribution in [3.63, 3.8) is 0 Å². The van der Waals surface area contributed by atoms with Crippen molar-refractivity contribution in [3.8, 4) is 5.75 Å². The summed E-state index contributed by atoms with van der Waals surface area (Å²) in [5.41, 5.74) is 2.50. The molecule has 1 fully saturated rings. The zero-order valence-electron chi connectivity index (χ0n) is 11.8. The van der Waals surface area contributed by atoms with Gasteiger partial charge < -0.3 is 10.1 Å². The molecule has 3 rings (SSSR count). The van der Waals surface area contributed by atoms with Crippen LogP contribution in [0.25, 0.3) is 0 Å². The number of fused-ring (bicyclic) bond motifs is 1. The third-order valence-electron chi connectivity index (χ3n) is 4.96. The van der Waals surface area contributed by atoms with E-state index in [-0.39, 0.29) is 11.2 Å². The summed E-state index contributed by atoms with van der Waals surface area (Å²) in [6.45, 7) is 0.490. The van der Waals surface area contributed by atoms with Crippen LogP contribution >= 0.6 is 0 Å². The summed E-state index contributed by atoms with van der Waals surface area (Å²) in [7, 11) is 0. The van der Waals surface area contributed by atoms with E-state index in [0.717, 1.165) is 17.8 Å². The SMILES string of the molecule is CC1(C2CNc3ccc(OC(F)F)cc32)CCCCC1. The number of alkyl halides is 2. The van der Waals surface area contributed by atoms with Crippen LogP contribution in [0.5, 0.6) is 5.75 Å². The van der Waals surface area contributed by atoms with Crippen molar-refractivity contribution in [2.24, 2.45) is 5.41 Å². The standard InChI is InChI=1S/C16H21F2NO/c1-16(7-3-2-4-8-16)13-10-19-14-6-5-11(9-12(13)14)20-15(17)18/h5-6,9,13,15,19H,2-4,7-8,10H2,1H3. The maximum Gasteiger partial charge on any atom is 0.387 e. The molecule has 1 saturated carbocycles. The van der Waals surface area contributed by atoms with Gasteiger partial charge in [0.05, 0.1) is 0 Å². The van der Waals surface area contributed by atoms with E-state index in [2.05, 4.69) is 17.0 Å². The van der Waals surface area contributed by atoms with Crippen molar-refractivity contribution >= 4 is 5.69 Å². The zero-order chi connectivity index (χ0) is 14.2. The van der Waals surface area contributed by atoms with E-state index < -0.39 is 6.61 Å². The molecule has 1 aliphatic heterocycles. The number of rotatable bonds is 3. The van der Waals surface area contributed by atoms with Crippen LogP contribution in [0.4, 0.5) is 14.5 Å². The Balaban J connectivity index is 1.87. The summed E-state index contributed by atoms with van der Waals surface area (Å²) in [4.78, 5) is 0. The lowest BCUT2D eigenvalue weighted by Gasteiger charge is -2.39. The van der Waals surface area contributed by atoms with Gasteiger partial charge in [-0.3, -0.25) is 0 Å². The van der Waals surface area contributed by atoms with E-state index in [1.165, 1.54) is 32.1 Å². The molecular formula is C16H21F2NO. The molecule has 1 atom stereocenters. The monoisotopic (exact) mass is 281 g/mol. The van der Waals surface area contributed by atoms with Crippen LogP contribution in [0.3, 0.4) is 0 Å². The third kappa shape index (κ3) is 2.48. The Kier molecular flexibility index (Phi) is 3.57. The predicted molar refractivity (Wildman–Crippen MR) is 75.5 cm³/mol. The first-order valence-corrected chi connectivity index (χ1v) is 7.41. The summed E-state index contributed by atoms with van der Waals surface area (Å²) in [5.74, 6) is 0.672. The van der Waals surface area contributed by atoms with Crippen LogP contribution in [0.15, 0.2) is 18.2 Å². The van der Waals surface area contributed by atoms with Gasteiger partial charge in [-0.25, -0.2) is 0 Å². The van der Waals surface area contributed by atoms with Crippen LogP contribution in [-0.2, 0) is 0 Å². The third-order valence-corrected chi connectivity index (χ3v) is 4.96. The summed E-state index contributed by atoms with van der Waals surface area (Å²) < 4.78 is 29.3. The van der Waals surface area contributed by atoms with Gasteiger partial charge in [0, 0.05) is 18.2 Å². The van der Waals surface area contributed by atoms with Gasteiger partial charge in [0.1, 0.15) is 5.75 Å². The zero-order valence-corrected chi connectivity index (χ0v) is 11.8. The Bertz CT molecular complexity index is 483. The predicted octanol–water partition coefficient (Wildman–Crippen LogP) is 4.77. The van der Waals surface area contributed by atoms with Crippen LogP contribution in [0, 0.1) is 5.41 Å². The molecule has 0 saturated heterocycles. The van der Waals surface area contributed by atoms with Gasteiger partial charge in [-0.1, -0.05) is 26.2 Å². The number of ether oxygens (including phenoxy) is 1. The van der Waals surface area contributed by atoms with E-state index in [4.69, 9.17) is 0 Å². The van der Waals surface area contributed by atoms with Crippen molar-refractivity contribution in [3.05, 3.63) is 23.8 Å². The molecule has 4 heteroatoms. The lowest BCUT2D eigenvalue weighted by molar-refractivity contribution is -0.0499. The van der Waals surface area contributed by atoms with Crippen LogP contribution in [-0.4, -0.2) is 13.2 Å². The van der Waals surface area contributed by atoms with Crippen LogP contribution in [0.2, 0.25) is 0 Å². The lowest BCUT2D eigenvalue weighted by Crippen LogP contribution is -2.29. The number of hydrogen-bond acceptors (Lipinski definition) is 2. The number of hydrogen-bond donors (Lipinski definition) is 1. The highest BCUT2D eigenvalue weighted by atomic mass is 19.3. The minimum absolute atomic E-state index is 0.270. The molecule has 110 valence electrons. The highest BCUT2D eigenvalue weighted by Crippen LogP contribution is 2.51. The maximum absolute atomic E-state index is 12.4. The average Bonchev–Trinajstić information content (AvgIpc) is 2.82. The van der Waals surface area contributed by atoms with E-state index in [1.807, 2.05) is 6.07 Å². The molecule has 2 nitrogen and oxygen atoms in total. The molecule has 1 unspecified atom stereocenters. The molecular weight excluding hydrogens is 260 g/mol. The van der Waals surface area contributed by atoms with Gasteiger partial charge in [0.2, 0.25) is 0 Å². The van der Waals surface area contributed by atoms with E-state index in [0.29, 0.717) is 5.92 Å². The number of halogens is 2. The summed E-state index contributed by atoms with van der Waals surface area (Å²) in [6.07, 6.45) is 6.31. The molecule has 0 aromatic heterocycles. The van der Waals surface area contributed by atoms with Gasteiger partial charge in [0.25, 0.3) is 0 Å². The minimum atomic E-state index is -2.76. The van der Waals surface area contributed by atoms with Gasteiger partial charge >= 0.3 is 6.61 Å². The summed E-state index contributed by atoms with van der Waals surface area (Å²) in [5, 5.41) is 3.41. The molecule has 0 amide bonds. The first-order valence-electron chi connectivity index (χ1n) is 7.41. The van der Waals surface area contributed by atoms with Crippen molar-refractivity contribution in [1.82, 2.24) is 0 Å². The maximum atomic E-state index is 12.4. The molecule has 1 heterocycles. The Morgan fingerprint density at radius 1 is 1.25 bits per heavy atom. The molecule has 0 spiro atoms. The van der Waals surface area contributed by atoms with Crippen LogP contribution in [0.1, 0.15) is 50.5 Å². The molecule has 20 heavy (non-hydrogen) atoms. The van der Waals surface area contributed by atoms with Crippen LogP contribution < -0.4 is 10.1 Å². The largest absolute Gasteiger partial charge is 0.435 e.